The third kappa shape index (κ3) is 5.00. The molecule has 0 aliphatic heterocycles. The van der Waals surface area contributed by atoms with E-state index < -0.39 is 15.9 Å². The zero-order valence-electron chi connectivity index (χ0n) is 14.4. The number of nitrogens with zero attached hydrogens (tertiary/aromatic N) is 1. The van der Waals surface area contributed by atoms with Gasteiger partial charge >= 0.3 is 0 Å². The third-order valence-electron chi connectivity index (χ3n) is 3.63. The molecule has 0 saturated heterocycles. The van der Waals surface area contributed by atoms with Gasteiger partial charge in [-0.25, -0.2) is 8.42 Å². The summed E-state index contributed by atoms with van der Waals surface area (Å²) in [6.45, 7) is 3.85. The highest BCUT2D eigenvalue weighted by atomic mass is 79.9. The number of hydrogen-bond donors (Lipinski definition) is 2. The molecule has 3 aromatic rings. The van der Waals surface area contributed by atoms with E-state index in [9.17, 15) is 13.5 Å². The molecule has 3 rings (SSSR count). The van der Waals surface area contributed by atoms with Gasteiger partial charge in [-0.2, -0.15) is 5.10 Å². The van der Waals surface area contributed by atoms with Crippen LogP contribution in [0.1, 0.15) is 11.1 Å². The molecule has 0 saturated carbocycles. The lowest BCUT2D eigenvalue weighted by atomic mass is 10.2. The molecule has 2 aromatic carbocycles. The van der Waals surface area contributed by atoms with Crippen molar-refractivity contribution in [2.75, 3.05) is 4.72 Å². The summed E-state index contributed by atoms with van der Waals surface area (Å²) in [5.74, 6) is -0.495. The van der Waals surface area contributed by atoms with E-state index in [-0.39, 0.29) is 4.21 Å². The Balaban J connectivity index is 1.66. The van der Waals surface area contributed by atoms with Crippen molar-refractivity contribution in [3.05, 3.63) is 88.2 Å². The fourth-order valence-electron chi connectivity index (χ4n) is 2.20. The predicted molar refractivity (Wildman–Crippen MR) is 114 cm³/mol. The summed E-state index contributed by atoms with van der Waals surface area (Å²) in [4.78, 5) is 0. The summed E-state index contributed by atoms with van der Waals surface area (Å²) in [5.41, 5.74) is 4.61. The van der Waals surface area contributed by atoms with Crippen molar-refractivity contribution < 1.29 is 13.5 Å². The standard InChI is InChI=1S/C19H16BrN3O3S2/c1-13(14-4-8-16(20)9-5-14)21-22-19(24)15-6-10-17(11-7-15)23-28(25,26)18-3-2-12-27-18/h2-12,21,23H,1H2,(H,22,24)/p-1. The highest BCUT2D eigenvalue weighted by Crippen LogP contribution is 2.20. The van der Waals surface area contributed by atoms with Crippen LogP contribution in [0.3, 0.4) is 0 Å². The van der Waals surface area contributed by atoms with Crippen LogP contribution < -0.4 is 15.3 Å². The Bertz CT molecular complexity index is 1090. The summed E-state index contributed by atoms with van der Waals surface area (Å²) in [5, 5.41) is 17.7. The minimum atomic E-state index is -3.63. The Morgan fingerprint density at radius 3 is 2.29 bits per heavy atom. The fraction of sp³-hybridized carbons (Fsp3) is 0. The second kappa shape index (κ2) is 8.59. The van der Waals surface area contributed by atoms with Crippen molar-refractivity contribution in [2.45, 2.75) is 4.21 Å². The average molecular weight is 477 g/mol. The number of rotatable bonds is 7. The number of benzene rings is 2. The minimum Gasteiger partial charge on any atom is -0.857 e. The van der Waals surface area contributed by atoms with Gasteiger partial charge in [0, 0.05) is 16.1 Å². The molecule has 0 atom stereocenters. The number of halogens is 1. The second-order valence-corrected chi connectivity index (χ2v) is 9.40. The molecule has 0 amide bonds. The van der Waals surface area contributed by atoms with Crippen LogP contribution in [0.2, 0.25) is 0 Å². The highest BCUT2D eigenvalue weighted by Gasteiger charge is 2.14. The smallest absolute Gasteiger partial charge is 0.271 e. The van der Waals surface area contributed by atoms with Crippen molar-refractivity contribution in [3.63, 3.8) is 0 Å². The molecule has 6 nitrogen and oxygen atoms in total. The summed E-state index contributed by atoms with van der Waals surface area (Å²) >= 11 is 4.48. The first kappa shape index (κ1) is 20.1. The molecule has 1 aromatic heterocycles. The van der Waals surface area contributed by atoms with Crippen LogP contribution >= 0.6 is 27.3 Å². The summed E-state index contributed by atoms with van der Waals surface area (Å²) in [6.07, 6.45) is 0. The van der Waals surface area contributed by atoms with E-state index in [1.165, 1.54) is 30.3 Å². The molecule has 0 aliphatic rings. The molecule has 0 bridgehead atoms. The molecule has 0 fully saturated rings. The zero-order valence-corrected chi connectivity index (χ0v) is 17.6. The summed E-state index contributed by atoms with van der Waals surface area (Å²) in [6, 6.07) is 16.6. The highest BCUT2D eigenvalue weighted by molar-refractivity contribution is 9.10. The van der Waals surface area contributed by atoms with E-state index in [2.05, 4.69) is 37.8 Å². The maximum absolute atomic E-state index is 12.2. The second-order valence-electron chi connectivity index (χ2n) is 5.63. The van der Waals surface area contributed by atoms with Crippen molar-refractivity contribution in [3.8, 4) is 0 Å². The predicted octanol–water partition coefficient (Wildman–Crippen LogP) is 3.59. The first-order valence-electron chi connectivity index (χ1n) is 7.97. The van der Waals surface area contributed by atoms with Gasteiger partial charge in [0.15, 0.2) is 0 Å². The third-order valence-corrected chi connectivity index (χ3v) is 6.94. The van der Waals surface area contributed by atoms with Gasteiger partial charge in [-0.3, -0.25) is 10.1 Å². The van der Waals surface area contributed by atoms with Crippen molar-refractivity contribution in [1.82, 2.24) is 5.43 Å². The van der Waals surface area contributed by atoms with Gasteiger partial charge in [-0.15, -0.1) is 11.3 Å². The Morgan fingerprint density at radius 2 is 1.68 bits per heavy atom. The molecule has 28 heavy (non-hydrogen) atoms. The number of anilines is 1. The van der Waals surface area contributed by atoms with Crippen molar-refractivity contribution in [1.29, 1.82) is 0 Å². The molecule has 0 unspecified atom stereocenters. The van der Waals surface area contributed by atoms with E-state index in [0.29, 0.717) is 16.9 Å². The molecule has 0 aliphatic carbocycles. The van der Waals surface area contributed by atoms with E-state index >= 15 is 0 Å². The first-order chi connectivity index (χ1) is 13.3. The molecule has 144 valence electrons. The maximum atomic E-state index is 12.2. The summed E-state index contributed by atoms with van der Waals surface area (Å²) < 4.78 is 28.0. The monoisotopic (exact) mass is 476 g/mol. The van der Waals surface area contributed by atoms with Gasteiger partial charge in [0.05, 0.1) is 5.70 Å². The molecular weight excluding hydrogens is 462 g/mol. The van der Waals surface area contributed by atoms with Crippen LogP contribution in [0.5, 0.6) is 0 Å². The normalized spacial score (nSPS) is 11.8. The van der Waals surface area contributed by atoms with Crippen LogP contribution in [0.4, 0.5) is 5.69 Å². The zero-order chi connectivity index (χ0) is 20.1. The molecule has 0 radical (unpaired) electrons. The molecule has 2 N–H and O–H groups in total. The van der Waals surface area contributed by atoms with Gasteiger partial charge in [-0.1, -0.05) is 52.8 Å². The SMILES string of the molecule is C=C(NN=C([O-])c1ccc(NS(=O)(=O)c2cccs2)cc1)c1ccc(Br)cc1. The van der Waals surface area contributed by atoms with Crippen LogP contribution in [0, 0.1) is 0 Å². The van der Waals surface area contributed by atoms with E-state index in [0.717, 1.165) is 21.4 Å². The lowest BCUT2D eigenvalue weighted by molar-refractivity contribution is -0.213. The molecule has 1 heterocycles. The van der Waals surface area contributed by atoms with Gasteiger partial charge in [0.2, 0.25) is 0 Å². The number of hydrazone groups is 1. The van der Waals surface area contributed by atoms with Crippen LogP contribution in [-0.2, 0) is 10.0 Å². The van der Waals surface area contributed by atoms with E-state index in [1.54, 1.807) is 11.4 Å². The average Bonchev–Trinajstić information content (AvgIpc) is 3.22. The lowest BCUT2D eigenvalue weighted by Crippen LogP contribution is -2.22. The largest absolute Gasteiger partial charge is 0.857 e. The van der Waals surface area contributed by atoms with Crippen LogP contribution in [0.25, 0.3) is 5.70 Å². The Kier molecular flexibility index (Phi) is 6.18. The molecule has 0 spiro atoms. The van der Waals surface area contributed by atoms with Crippen molar-refractivity contribution in [2.24, 2.45) is 5.10 Å². The minimum absolute atomic E-state index is 0.221. The number of thiophene rings is 1. The molecular formula is C19H15BrN3O3S2-. The number of sulfonamides is 1. The van der Waals surface area contributed by atoms with E-state index in [1.807, 2.05) is 24.3 Å². The van der Waals surface area contributed by atoms with Crippen LogP contribution in [0.15, 0.2) is 86.4 Å². The van der Waals surface area contributed by atoms with Gasteiger partial charge in [0.1, 0.15) is 4.21 Å². The van der Waals surface area contributed by atoms with Gasteiger partial charge in [-0.05, 0) is 46.8 Å². The van der Waals surface area contributed by atoms with E-state index in [4.69, 9.17) is 0 Å². The topological polar surface area (TPSA) is 93.6 Å². The Labute approximate surface area is 175 Å². The lowest BCUT2D eigenvalue weighted by Gasteiger charge is -2.13. The van der Waals surface area contributed by atoms with Gasteiger partial charge in [0.25, 0.3) is 10.0 Å². The first-order valence-corrected chi connectivity index (χ1v) is 11.1. The number of hydrogen-bond acceptors (Lipinski definition) is 6. The van der Waals surface area contributed by atoms with Crippen molar-refractivity contribution >= 4 is 54.6 Å². The quantitative estimate of drug-likeness (QED) is 0.309. The fourth-order valence-corrected chi connectivity index (χ4v) is 4.52. The Hall–Kier alpha value is -2.62. The molecule has 9 heteroatoms. The number of nitrogens with one attached hydrogen (secondary N) is 2. The Morgan fingerprint density at radius 1 is 1.04 bits per heavy atom. The maximum Gasteiger partial charge on any atom is 0.271 e. The van der Waals surface area contributed by atoms with Crippen LogP contribution in [-0.4, -0.2) is 14.3 Å². The summed E-state index contributed by atoms with van der Waals surface area (Å²) in [7, 11) is -3.63. The van der Waals surface area contributed by atoms with Gasteiger partial charge < -0.3 is 5.11 Å².